The average molecular weight is 358 g/mol. The summed E-state index contributed by atoms with van der Waals surface area (Å²) in [7, 11) is 0. The van der Waals surface area contributed by atoms with E-state index in [1.807, 2.05) is 39.9 Å². The number of carbonyl (C=O) groups is 1. The lowest BCUT2D eigenvalue weighted by molar-refractivity contribution is -0.143. The van der Waals surface area contributed by atoms with E-state index >= 15 is 0 Å². The molecule has 6 heteroatoms. The summed E-state index contributed by atoms with van der Waals surface area (Å²) < 4.78 is 11.7. The van der Waals surface area contributed by atoms with Gasteiger partial charge in [-0.25, -0.2) is 4.98 Å². The topological polar surface area (TPSA) is 51.7 Å². The number of morpholine rings is 1. The first-order valence-corrected chi connectivity index (χ1v) is 9.70. The molecule has 2 aliphatic rings. The highest BCUT2D eigenvalue weighted by Gasteiger charge is 2.42. The quantitative estimate of drug-likeness (QED) is 0.825. The molecule has 1 aliphatic heterocycles. The summed E-state index contributed by atoms with van der Waals surface area (Å²) >= 11 is 1.63. The SMILES string of the molecule is O=C(Cc1ccsc1)N1CCO[C@@H]2C[C@H](COc3ccccn3)C[C@H]21. The van der Waals surface area contributed by atoms with Gasteiger partial charge in [0.2, 0.25) is 11.8 Å². The van der Waals surface area contributed by atoms with Crippen molar-refractivity contribution >= 4 is 17.2 Å². The summed E-state index contributed by atoms with van der Waals surface area (Å²) in [6.45, 7) is 1.95. The van der Waals surface area contributed by atoms with Crippen LogP contribution in [-0.4, -0.2) is 47.7 Å². The third-order valence-corrected chi connectivity index (χ3v) is 5.73. The fourth-order valence-electron chi connectivity index (χ4n) is 3.80. The van der Waals surface area contributed by atoms with E-state index < -0.39 is 0 Å². The molecule has 0 radical (unpaired) electrons. The maximum Gasteiger partial charge on any atom is 0.227 e. The molecular formula is C19H22N2O3S. The summed E-state index contributed by atoms with van der Waals surface area (Å²) in [5, 5.41) is 4.07. The Morgan fingerprint density at radius 1 is 1.36 bits per heavy atom. The average Bonchev–Trinajstić information content (AvgIpc) is 3.29. The number of carbonyl (C=O) groups excluding carboxylic acids is 1. The van der Waals surface area contributed by atoms with Gasteiger partial charge < -0.3 is 14.4 Å². The van der Waals surface area contributed by atoms with Crippen LogP contribution >= 0.6 is 11.3 Å². The van der Waals surface area contributed by atoms with Gasteiger partial charge >= 0.3 is 0 Å². The Morgan fingerprint density at radius 2 is 2.32 bits per heavy atom. The standard InChI is InChI=1S/C19H22N2O3S/c22-19(11-14-4-8-25-13-14)21-6-7-23-17-10-15(9-16(17)21)12-24-18-3-1-2-5-20-18/h1-5,8,13,15-17H,6-7,9-12H2/t15-,16-,17-/m1/s1. The first-order valence-electron chi connectivity index (χ1n) is 8.75. The summed E-state index contributed by atoms with van der Waals surface area (Å²) in [6.07, 6.45) is 4.24. The zero-order chi connectivity index (χ0) is 17.1. The van der Waals surface area contributed by atoms with Crippen molar-refractivity contribution in [2.75, 3.05) is 19.8 Å². The van der Waals surface area contributed by atoms with Gasteiger partial charge in [0.25, 0.3) is 0 Å². The molecule has 1 amide bonds. The van der Waals surface area contributed by atoms with Crippen LogP contribution in [0.25, 0.3) is 0 Å². The summed E-state index contributed by atoms with van der Waals surface area (Å²) in [4.78, 5) is 19.0. The number of ether oxygens (including phenoxy) is 2. The van der Waals surface area contributed by atoms with Crippen molar-refractivity contribution in [3.63, 3.8) is 0 Å². The molecule has 0 N–H and O–H groups in total. The summed E-state index contributed by atoms with van der Waals surface area (Å²) in [5.41, 5.74) is 1.10. The highest BCUT2D eigenvalue weighted by Crippen LogP contribution is 2.35. The van der Waals surface area contributed by atoms with E-state index in [2.05, 4.69) is 4.98 Å². The van der Waals surface area contributed by atoms with E-state index in [1.54, 1.807) is 17.5 Å². The zero-order valence-electron chi connectivity index (χ0n) is 14.0. The van der Waals surface area contributed by atoms with Gasteiger partial charge in [0.1, 0.15) is 0 Å². The van der Waals surface area contributed by atoms with Crippen LogP contribution < -0.4 is 4.74 Å². The molecule has 1 saturated heterocycles. The minimum Gasteiger partial charge on any atom is -0.477 e. The lowest BCUT2D eigenvalue weighted by Gasteiger charge is -2.37. The van der Waals surface area contributed by atoms with Crippen LogP contribution in [0.3, 0.4) is 0 Å². The van der Waals surface area contributed by atoms with Gasteiger partial charge in [-0.1, -0.05) is 6.07 Å². The summed E-state index contributed by atoms with van der Waals surface area (Å²) in [6, 6.07) is 7.87. The number of thiophene rings is 1. The number of hydrogen-bond donors (Lipinski definition) is 0. The number of rotatable bonds is 5. The van der Waals surface area contributed by atoms with Crippen molar-refractivity contribution in [2.45, 2.75) is 31.4 Å². The van der Waals surface area contributed by atoms with Crippen LogP contribution in [0, 0.1) is 5.92 Å². The Morgan fingerprint density at radius 3 is 3.12 bits per heavy atom. The number of fused-ring (bicyclic) bond motifs is 1. The van der Waals surface area contributed by atoms with Crippen molar-refractivity contribution in [1.29, 1.82) is 0 Å². The maximum atomic E-state index is 12.7. The predicted molar refractivity (Wildman–Crippen MR) is 95.7 cm³/mol. The van der Waals surface area contributed by atoms with Crippen LogP contribution in [-0.2, 0) is 16.0 Å². The van der Waals surface area contributed by atoms with Gasteiger partial charge in [0.15, 0.2) is 0 Å². The molecule has 0 bridgehead atoms. The molecule has 0 aromatic carbocycles. The van der Waals surface area contributed by atoms with Crippen LogP contribution in [0.2, 0.25) is 0 Å². The molecule has 1 saturated carbocycles. The molecule has 3 heterocycles. The molecule has 132 valence electrons. The first kappa shape index (κ1) is 16.5. The predicted octanol–water partition coefficient (Wildman–Crippen LogP) is 2.77. The fraction of sp³-hybridized carbons (Fsp3) is 0.474. The van der Waals surface area contributed by atoms with Crippen molar-refractivity contribution in [2.24, 2.45) is 5.92 Å². The molecule has 0 unspecified atom stereocenters. The Labute approximate surface area is 151 Å². The van der Waals surface area contributed by atoms with Crippen LogP contribution in [0.1, 0.15) is 18.4 Å². The van der Waals surface area contributed by atoms with Gasteiger partial charge in [-0.2, -0.15) is 11.3 Å². The van der Waals surface area contributed by atoms with Gasteiger partial charge in [-0.15, -0.1) is 0 Å². The largest absolute Gasteiger partial charge is 0.477 e. The third-order valence-electron chi connectivity index (χ3n) is 4.99. The number of nitrogens with zero attached hydrogens (tertiary/aromatic N) is 2. The number of pyridine rings is 1. The number of aromatic nitrogens is 1. The van der Waals surface area contributed by atoms with Gasteiger partial charge in [0.05, 0.1) is 31.8 Å². The minimum absolute atomic E-state index is 0.137. The van der Waals surface area contributed by atoms with E-state index in [9.17, 15) is 4.79 Å². The van der Waals surface area contributed by atoms with E-state index in [4.69, 9.17) is 9.47 Å². The smallest absolute Gasteiger partial charge is 0.227 e. The maximum absolute atomic E-state index is 12.7. The molecule has 1 aliphatic carbocycles. The molecule has 2 fully saturated rings. The molecule has 2 aromatic heterocycles. The second-order valence-corrected chi connectivity index (χ2v) is 7.47. The van der Waals surface area contributed by atoms with Crippen molar-refractivity contribution in [1.82, 2.24) is 9.88 Å². The molecule has 0 spiro atoms. The van der Waals surface area contributed by atoms with E-state index in [0.717, 1.165) is 18.4 Å². The van der Waals surface area contributed by atoms with Crippen LogP contribution in [0.5, 0.6) is 5.88 Å². The number of hydrogen-bond acceptors (Lipinski definition) is 5. The molecule has 25 heavy (non-hydrogen) atoms. The molecule has 2 aromatic rings. The molecule has 4 rings (SSSR count). The molecule has 3 atom stereocenters. The van der Waals surface area contributed by atoms with E-state index in [0.29, 0.717) is 38.0 Å². The lowest BCUT2D eigenvalue weighted by atomic mass is 10.1. The molecular weight excluding hydrogens is 336 g/mol. The highest BCUT2D eigenvalue weighted by atomic mass is 32.1. The second kappa shape index (κ2) is 7.54. The summed E-state index contributed by atoms with van der Waals surface area (Å²) in [5.74, 6) is 1.26. The highest BCUT2D eigenvalue weighted by molar-refractivity contribution is 7.08. The Balaban J connectivity index is 1.35. The van der Waals surface area contributed by atoms with E-state index in [1.165, 1.54) is 0 Å². The fourth-order valence-corrected chi connectivity index (χ4v) is 4.47. The zero-order valence-corrected chi connectivity index (χ0v) is 14.9. The van der Waals surface area contributed by atoms with Gasteiger partial charge in [-0.05, 0) is 47.2 Å². The van der Waals surface area contributed by atoms with Crippen LogP contribution in [0.15, 0.2) is 41.2 Å². The minimum atomic E-state index is 0.137. The Kier molecular flexibility index (Phi) is 4.99. The normalized spacial score (nSPS) is 25.6. The van der Waals surface area contributed by atoms with Crippen LogP contribution in [0.4, 0.5) is 0 Å². The molecule has 5 nitrogen and oxygen atoms in total. The third kappa shape index (κ3) is 3.85. The first-order chi connectivity index (χ1) is 12.3. The van der Waals surface area contributed by atoms with Crippen molar-refractivity contribution in [3.05, 3.63) is 46.8 Å². The Hall–Kier alpha value is -1.92. The van der Waals surface area contributed by atoms with Gasteiger partial charge in [-0.3, -0.25) is 4.79 Å². The lowest BCUT2D eigenvalue weighted by Crippen LogP contribution is -2.51. The van der Waals surface area contributed by atoms with E-state index in [-0.39, 0.29) is 18.1 Å². The monoisotopic (exact) mass is 358 g/mol. The van der Waals surface area contributed by atoms with Crippen molar-refractivity contribution in [3.8, 4) is 5.88 Å². The van der Waals surface area contributed by atoms with Crippen molar-refractivity contribution < 1.29 is 14.3 Å². The number of amides is 1. The second-order valence-electron chi connectivity index (χ2n) is 6.69. The van der Waals surface area contributed by atoms with Gasteiger partial charge in [0, 0.05) is 18.8 Å². The Bertz CT molecular complexity index is 692.